The molecular weight excluding hydrogens is 506 g/mol. The fraction of sp³-hybridized carbons (Fsp3) is 0.448. The van der Waals surface area contributed by atoms with Crippen LogP contribution in [0.25, 0.3) is 10.9 Å². The zero-order chi connectivity index (χ0) is 26.8. The lowest BCUT2D eigenvalue weighted by molar-refractivity contribution is -0.146. The van der Waals surface area contributed by atoms with E-state index in [1.165, 1.54) is 0 Å². The average molecular weight is 542 g/mol. The number of nitrogens with zero attached hydrogens (tertiary/aromatic N) is 2. The van der Waals surface area contributed by atoms with Gasteiger partial charge in [0.1, 0.15) is 5.75 Å². The number of aliphatic imine (C=N–C) groups is 1. The summed E-state index contributed by atoms with van der Waals surface area (Å²) in [5, 5.41) is 15.0. The molecule has 3 aromatic rings. The average Bonchev–Trinajstić information content (AvgIpc) is 3.42. The summed E-state index contributed by atoms with van der Waals surface area (Å²) in [6.07, 6.45) is 1.15. The van der Waals surface area contributed by atoms with E-state index >= 15 is 0 Å². The van der Waals surface area contributed by atoms with Crippen LogP contribution in [0, 0.1) is 5.41 Å². The molecule has 2 N–H and O–H groups in total. The molecule has 198 valence electrons. The van der Waals surface area contributed by atoms with E-state index < -0.39 is 11.4 Å². The predicted octanol–water partition coefficient (Wildman–Crippen LogP) is 6.66. The fourth-order valence-corrected chi connectivity index (χ4v) is 5.68. The van der Waals surface area contributed by atoms with Crippen LogP contribution in [0.1, 0.15) is 52.3 Å². The number of hydrogen-bond acceptors (Lipinski definition) is 5. The van der Waals surface area contributed by atoms with Crippen molar-refractivity contribution < 1.29 is 14.6 Å². The Morgan fingerprint density at radius 2 is 1.89 bits per heavy atom. The predicted molar refractivity (Wildman–Crippen MR) is 154 cm³/mol. The third-order valence-corrected chi connectivity index (χ3v) is 7.82. The van der Waals surface area contributed by atoms with Gasteiger partial charge >= 0.3 is 5.97 Å². The summed E-state index contributed by atoms with van der Waals surface area (Å²) in [6, 6.07) is 14.0. The van der Waals surface area contributed by atoms with Crippen LogP contribution in [-0.2, 0) is 17.8 Å². The highest BCUT2D eigenvalue weighted by Crippen LogP contribution is 2.44. The van der Waals surface area contributed by atoms with E-state index in [9.17, 15) is 9.90 Å². The van der Waals surface area contributed by atoms with E-state index in [1.54, 1.807) is 25.6 Å². The minimum atomic E-state index is -0.923. The van der Waals surface area contributed by atoms with E-state index in [2.05, 4.69) is 47.8 Å². The molecule has 4 rings (SSSR count). The Labute approximate surface area is 228 Å². The van der Waals surface area contributed by atoms with Gasteiger partial charge in [0.15, 0.2) is 0 Å². The number of halogens is 1. The molecule has 0 bridgehead atoms. The third kappa shape index (κ3) is 6.82. The first kappa shape index (κ1) is 27.4. The van der Waals surface area contributed by atoms with E-state index in [1.807, 2.05) is 30.3 Å². The maximum atomic E-state index is 12.2. The summed E-state index contributed by atoms with van der Waals surface area (Å²) in [6.45, 7) is 13.0. The number of carbonyl (C=O) groups is 1. The molecule has 0 radical (unpaired) electrons. The molecule has 0 saturated carbocycles. The van der Waals surface area contributed by atoms with Crippen LogP contribution in [0.5, 0.6) is 5.75 Å². The lowest BCUT2D eigenvalue weighted by Gasteiger charge is -2.24. The zero-order valence-electron chi connectivity index (χ0n) is 22.2. The van der Waals surface area contributed by atoms with E-state index in [0.29, 0.717) is 24.6 Å². The number of nitrogens with one attached hydrogen (secondary N) is 1. The molecule has 37 heavy (non-hydrogen) atoms. The molecule has 8 heteroatoms. The number of ether oxygens (including phenoxy) is 1. The highest BCUT2D eigenvalue weighted by molar-refractivity contribution is 8.00. The molecule has 0 amide bonds. The molecule has 0 unspecified atom stereocenters. The topological polar surface area (TPSA) is 75.8 Å². The van der Waals surface area contributed by atoms with Gasteiger partial charge in [0, 0.05) is 57.2 Å². The second-order valence-corrected chi connectivity index (χ2v) is 13.4. The minimum absolute atomic E-state index is 0.0648. The number of hydrogen-bond donors (Lipinski definition) is 2. The van der Waals surface area contributed by atoms with Crippen LogP contribution in [0.3, 0.4) is 0 Å². The smallest absolute Gasteiger partial charge is 0.309 e. The first-order valence-electron chi connectivity index (χ1n) is 12.6. The molecule has 0 atom stereocenters. The molecule has 0 spiro atoms. The Morgan fingerprint density at radius 3 is 2.51 bits per heavy atom. The number of rotatable bonds is 10. The van der Waals surface area contributed by atoms with Crippen LogP contribution in [0.2, 0.25) is 5.02 Å². The standard InChI is InChI=1S/C29H36ClN3O3S/c1-28(2,3)37-26-22-16-21(36-15-12-25-31-13-14-32-25)10-11-23(22)33(18-19-6-8-20(30)9-7-19)24(26)17-29(4,5)27(34)35/h6-11,16H,12-15,17-18H2,1-5H3,(H,31,32)(H,34,35). The lowest BCUT2D eigenvalue weighted by atomic mass is 9.88. The molecule has 6 nitrogen and oxygen atoms in total. The normalized spacial score (nSPS) is 14.1. The van der Waals surface area contributed by atoms with Gasteiger partial charge in [-0.2, -0.15) is 0 Å². The van der Waals surface area contributed by atoms with Crippen molar-refractivity contribution in [3.63, 3.8) is 0 Å². The summed E-state index contributed by atoms with van der Waals surface area (Å²) in [4.78, 5) is 17.7. The first-order valence-corrected chi connectivity index (χ1v) is 13.8. The van der Waals surface area contributed by atoms with Crippen LogP contribution < -0.4 is 10.1 Å². The highest BCUT2D eigenvalue weighted by Gasteiger charge is 2.32. The molecule has 2 aromatic carbocycles. The summed E-state index contributed by atoms with van der Waals surface area (Å²) >= 11 is 7.92. The van der Waals surface area contributed by atoms with Crippen molar-refractivity contribution in [2.24, 2.45) is 10.4 Å². The Balaban J connectivity index is 1.79. The van der Waals surface area contributed by atoms with Gasteiger partial charge < -0.3 is 19.7 Å². The van der Waals surface area contributed by atoms with Crippen molar-refractivity contribution in [1.82, 2.24) is 9.88 Å². The largest absolute Gasteiger partial charge is 0.493 e. The number of benzene rings is 2. The number of amidine groups is 1. The SMILES string of the molecule is CC(C)(C)Sc1c(CC(C)(C)C(=O)O)n(Cc2ccc(Cl)cc2)c2ccc(OCCC3=NCCN3)cc12. The molecular formula is C29H36ClN3O3S. The van der Waals surface area contributed by atoms with Crippen LogP contribution >= 0.6 is 23.4 Å². The Morgan fingerprint density at radius 1 is 1.16 bits per heavy atom. The quantitative estimate of drug-likeness (QED) is 0.281. The van der Waals surface area contributed by atoms with Gasteiger partial charge in [-0.1, -0.05) is 44.5 Å². The molecule has 0 saturated heterocycles. The maximum Gasteiger partial charge on any atom is 0.309 e. The molecule has 0 aliphatic carbocycles. The Kier molecular flexibility index (Phi) is 8.14. The molecule has 2 heterocycles. The Hall–Kier alpha value is -2.64. The highest BCUT2D eigenvalue weighted by atomic mass is 35.5. The molecule has 1 aliphatic rings. The van der Waals surface area contributed by atoms with Crippen molar-refractivity contribution in [2.75, 3.05) is 19.7 Å². The number of carboxylic acids is 1. The Bertz CT molecular complexity index is 1310. The number of carboxylic acid groups (broad SMARTS) is 1. The number of aliphatic carboxylic acids is 1. The van der Waals surface area contributed by atoms with E-state index in [4.69, 9.17) is 16.3 Å². The monoisotopic (exact) mass is 541 g/mol. The molecule has 1 aliphatic heterocycles. The lowest BCUT2D eigenvalue weighted by Crippen LogP contribution is -2.28. The maximum absolute atomic E-state index is 12.2. The van der Waals surface area contributed by atoms with Gasteiger partial charge in [-0.3, -0.25) is 9.79 Å². The van der Waals surface area contributed by atoms with Crippen molar-refractivity contribution >= 4 is 46.1 Å². The van der Waals surface area contributed by atoms with Crippen LogP contribution in [0.15, 0.2) is 52.4 Å². The van der Waals surface area contributed by atoms with Crippen molar-refractivity contribution in [1.29, 1.82) is 0 Å². The van der Waals surface area contributed by atoms with Gasteiger partial charge in [0.05, 0.1) is 24.4 Å². The number of thioether (sulfide) groups is 1. The van der Waals surface area contributed by atoms with Crippen LogP contribution in [0.4, 0.5) is 0 Å². The van der Waals surface area contributed by atoms with Crippen molar-refractivity contribution in [3.8, 4) is 5.75 Å². The second kappa shape index (κ2) is 11.0. The molecule has 1 aromatic heterocycles. The van der Waals surface area contributed by atoms with E-state index in [0.717, 1.165) is 58.2 Å². The van der Waals surface area contributed by atoms with Gasteiger partial charge in [0.2, 0.25) is 0 Å². The van der Waals surface area contributed by atoms with Crippen molar-refractivity contribution in [3.05, 3.63) is 58.7 Å². The van der Waals surface area contributed by atoms with Gasteiger partial charge in [-0.25, -0.2) is 0 Å². The van der Waals surface area contributed by atoms with Gasteiger partial charge in [0.25, 0.3) is 0 Å². The second-order valence-electron chi connectivity index (χ2n) is 11.1. The van der Waals surface area contributed by atoms with Crippen LogP contribution in [-0.4, -0.2) is 45.9 Å². The van der Waals surface area contributed by atoms with Gasteiger partial charge in [-0.15, -0.1) is 11.8 Å². The summed E-state index contributed by atoms with van der Waals surface area (Å²) in [7, 11) is 0. The summed E-state index contributed by atoms with van der Waals surface area (Å²) < 4.78 is 8.33. The zero-order valence-corrected chi connectivity index (χ0v) is 23.8. The first-order chi connectivity index (χ1) is 17.4. The third-order valence-electron chi connectivity index (χ3n) is 6.29. The van der Waals surface area contributed by atoms with E-state index in [-0.39, 0.29) is 4.75 Å². The summed E-state index contributed by atoms with van der Waals surface area (Å²) in [5.74, 6) is 0.988. The fourth-order valence-electron chi connectivity index (χ4n) is 4.37. The minimum Gasteiger partial charge on any atom is -0.493 e. The number of aromatic nitrogens is 1. The van der Waals surface area contributed by atoms with Crippen molar-refractivity contribution in [2.45, 2.75) is 63.6 Å². The molecule has 0 fully saturated rings. The summed E-state index contributed by atoms with van der Waals surface area (Å²) in [5.41, 5.74) is 2.27. The number of fused-ring (bicyclic) bond motifs is 1. The van der Waals surface area contributed by atoms with Gasteiger partial charge in [-0.05, 0) is 49.7 Å².